The maximum atomic E-state index is 13.0. The van der Waals surface area contributed by atoms with Gasteiger partial charge in [-0.25, -0.2) is 4.39 Å². The van der Waals surface area contributed by atoms with E-state index in [4.69, 9.17) is 11.6 Å². The van der Waals surface area contributed by atoms with E-state index in [9.17, 15) is 14.0 Å². The first-order valence-corrected chi connectivity index (χ1v) is 7.67. The van der Waals surface area contributed by atoms with Crippen molar-refractivity contribution >= 4 is 29.5 Å². The van der Waals surface area contributed by atoms with E-state index in [1.807, 2.05) is 0 Å². The molecule has 0 spiro atoms. The van der Waals surface area contributed by atoms with Gasteiger partial charge in [-0.1, -0.05) is 36.9 Å². The van der Waals surface area contributed by atoms with Crippen molar-refractivity contribution < 1.29 is 14.0 Å². The van der Waals surface area contributed by atoms with E-state index in [0.29, 0.717) is 5.56 Å². The van der Waals surface area contributed by atoms with Crippen LogP contribution in [0, 0.1) is 11.7 Å². The van der Waals surface area contributed by atoms with Crippen LogP contribution >= 0.6 is 11.6 Å². The first kappa shape index (κ1) is 16.5. The Kier molecular flexibility index (Phi) is 5.95. The van der Waals surface area contributed by atoms with Crippen LogP contribution in [0.15, 0.2) is 24.3 Å². The van der Waals surface area contributed by atoms with E-state index >= 15 is 0 Å². The fourth-order valence-electron chi connectivity index (χ4n) is 2.42. The summed E-state index contributed by atoms with van der Waals surface area (Å²) in [4.78, 5) is 23.5. The molecule has 2 N–H and O–H groups in total. The van der Waals surface area contributed by atoms with Gasteiger partial charge < -0.3 is 0 Å². The molecule has 1 aromatic rings. The molecule has 2 amide bonds. The van der Waals surface area contributed by atoms with Gasteiger partial charge in [0.2, 0.25) is 5.91 Å². The number of carbonyl (C=O) groups is 2. The smallest absolute Gasteiger partial charge is 0.262 e. The van der Waals surface area contributed by atoms with E-state index in [0.717, 1.165) is 25.7 Å². The van der Waals surface area contributed by atoms with Gasteiger partial charge in [-0.05, 0) is 36.6 Å². The summed E-state index contributed by atoms with van der Waals surface area (Å²) in [6.45, 7) is 0. The molecule has 1 aromatic carbocycles. The van der Waals surface area contributed by atoms with Gasteiger partial charge >= 0.3 is 0 Å². The minimum absolute atomic E-state index is 0.00633. The van der Waals surface area contributed by atoms with Gasteiger partial charge in [0.05, 0.1) is 5.02 Å². The molecule has 1 saturated carbocycles. The predicted molar refractivity (Wildman–Crippen MR) is 83.3 cm³/mol. The summed E-state index contributed by atoms with van der Waals surface area (Å²) in [6, 6.07) is 4.15. The first-order valence-electron chi connectivity index (χ1n) is 7.29. The highest BCUT2D eigenvalue weighted by atomic mass is 35.5. The van der Waals surface area contributed by atoms with E-state index < -0.39 is 11.7 Å². The second-order valence-electron chi connectivity index (χ2n) is 5.32. The lowest BCUT2D eigenvalue weighted by Crippen LogP contribution is -2.44. The van der Waals surface area contributed by atoms with Crippen molar-refractivity contribution in [3.8, 4) is 0 Å². The standard InChI is InChI=1S/C16H18ClFN2O2/c17-13-10-11(6-8-14(13)18)7-9-15(21)19-20-16(22)12-4-2-1-3-5-12/h6-10,12H,1-5H2,(H,19,21)(H,20,22)/b9-7+. The summed E-state index contributed by atoms with van der Waals surface area (Å²) in [5.41, 5.74) is 5.37. The number of benzene rings is 1. The van der Waals surface area contributed by atoms with Gasteiger partial charge in [-0.15, -0.1) is 0 Å². The Balaban J connectivity index is 1.80. The molecule has 0 atom stereocenters. The summed E-state index contributed by atoms with van der Waals surface area (Å²) in [5.74, 6) is -1.13. The van der Waals surface area contributed by atoms with Crippen LogP contribution in [0.25, 0.3) is 6.08 Å². The molecule has 1 aliphatic carbocycles. The van der Waals surface area contributed by atoms with E-state index in [1.54, 1.807) is 0 Å². The van der Waals surface area contributed by atoms with Crippen molar-refractivity contribution in [2.24, 2.45) is 5.92 Å². The average molecular weight is 325 g/mol. The third-order valence-corrected chi connectivity index (χ3v) is 3.95. The molecule has 1 aliphatic rings. The number of rotatable bonds is 3. The van der Waals surface area contributed by atoms with Crippen LogP contribution in [-0.2, 0) is 9.59 Å². The van der Waals surface area contributed by atoms with Crippen LogP contribution in [0.1, 0.15) is 37.7 Å². The van der Waals surface area contributed by atoms with Gasteiger partial charge in [-0.2, -0.15) is 0 Å². The number of hydrogen-bond donors (Lipinski definition) is 2. The van der Waals surface area contributed by atoms with Crippen molar-refractivity contribution in [3.63, 3.8) is 0 Å². The summed E-state index contributed by atoms with van der Waals surface area (Å²) < 4.78 is 13.0. The quantitative estimate of drug-likeness (QED) is 0.662. The third kappa shape index (κ3) is 4.84. The second kappa shape index (κ2) is 7.94. The molecular weight excluding hydrogens is 307 g/mol. The molecule has 118 valence electrons. The summed E-state index contributed by atoms with van der Waals surface area (Å²) in [5, 5.41) is -0.00633. The molecule has 0 aromatic heterocycles. The van der Waals surface area contributed by atoms with Gasteiger partial charge in [0.15, 0.2) is 0 Å². The molecule has 0 unspecified atom stereocenters. The fraction of sp³-hybridized carbons (Fsp3) is 0.375. The van der Waals surface area contributed by atoms with Crippen LogP contribution in [0.5, 0.6) is 0 Å². The topological polar surface area (TPSA) is 58.2 Å². The Bertz CT molecular complexity index is 584. The third-order valence-electron chi connectivity index (χ3n) is 3.66. The maximum Gasteiger partial charge on any atom is 0.262 e. The lowest BCUT2D eigenvalue weighted by molar-refractivity contribution is -0.130. The normalized spacial score (nSPS) is 15.7. The number of carbonyl (C=O) groups excluding carboxylic acids is 2. The summed E-state index contributed by atoms with van der Waals surface area (Å²) in [7, 11) is 0. The molecule has 1 fully saturated rings. The average Bonchev–Trinajstić information content (AvgIpc) is 2.54. The SMILES string of the molecule is O=C(/C=C/c1ccc(F)c(Cl)c1)NNC(=O)C1CCCCC1. The highest BCUT2D eigenvalue weighted by Gasteiger charge is 2.20. The molecule has 0 aliphatic heterocycles. The zero-order chi connectivity index (χ0) is 15.9. The van der Waals surface area contributed by atoms with Gasteiger partial charge in [0, 0.05) is 12.0 Å². The minimum Gasteiger partial charge on any atom is -0.273 e. The lowest BCUT2D eigenvalue weighted by atomic mass is 9.89. The Morgan fingerprint density at radius 3 is 2.59 bits per heavy atom. The monoisotopic (exact) mass is 324 g/mol. The first-order chi connectivity index (χ1) is 10.6. The number of halogens is 2. The van der Waals surface area contributed by atoms with Crippen LogP contribution in [0.4, 0.5) is 4.39 Å². The zero-order valence-electron chi connectivity index (χ0n) is 12.1. The molecule has 6 heteroatoms. The van der Waals surface area contributed by atoms with Gasteiger partial charge in [-0.3, -0.25) is 20.4 Å². The molecular formula is C16H18ClFN2O2. The second-order valence-corrected chi connectivity index (χ2v) is 5.73. The highest BCUT2D eigenvalue weighted by Crippen LogP contribution is 2.23. The van der Waals surface area contributed by atoms with Crippen molar-refractivity contribution in [3.05, 3.63) is 40.7 Å². The molecule has 22 heavy (non-hydrogen) atoms. The number of nitrogens with one attached hydrogen (secondary N) is 2. The van der Waals surface area contributed by atoms with Crippen LogP contribution < -0.4 is 10.9 Å². The highest BCUT2D eigenvalue weighted by molar-refractivity contribution is 6.30. The largest absolute Gasteiger partial charge is 0.273 e. The van der Waals surface area contributed by atoms with Crippen molar-refractivity contribution in [2.75, 3.05) is 0 Å². The lowest BCUT2D eigenvalue weighted by Gasteiger charge is -2.20. The van der Waals surface area contributed by atoms with Gasteiger partial charge in [0.25, 0.3) is 5.91 Å². The molecule has 0 heterocycles. The van der Waals surface area contributed by atoms with E-state index in [1.165, 1.54) is 36.8 Å². The van der Waals surface area contributed by atoms with Crippen LogP contribution in [0.3, 0.4) is 0 Å². The summed E-state index contributed by atoms with van der Waals surface area (Å²) >= 11 is 5.65. The molecule has 2 rings (SSSR count). The number of hydrogen-bond acceptors (Lipinski definition) is 2. The van der Waals surface area contributed by atoms with Gasteiger partial charge in [0.1, 0.15) is 5.82 Å². The van der Waals surface area contributed by atoms with Crippen LogP contribution in [-0.4, -0.2) is 11.8 Å². The number of hydrazine groups is 1. The molecule has 0 saturated heterocycles. The molecule has 4 nitrogen and oxygen atoms in total. The maximum absolute atomic E-state index is 13.0. The van der Waals surface area contributed by atoms with Crippen molar-refractivity contribution in [2.45, 2.75) is 32.1 Å². The molecule has 0 radical (unpaired) electrons. The Labute approximate surface area is 133 Å². The number of amides is 2. The minimum atomic E-state index is -0.511. The Hall–Kier alpha value is -1.88. The Morgan fingerprint density at radius 2 is 1.91 bits per heavy atom. The fourth-order valence-corrected chi connectivity index (χ4v) is 2.61. The summed E-state index contributed by atoms with van der Waals surface area (Å²) in [6.07, 6.45) is 7.75. The Morgan fingerprint density at radius 1 is 1.18 bits per heavy atom. The predicted octanol–water partition coefficient (Wildman–Crippen LogP) is 3.22. The molecule has 0 bridgehead atoms. The van der Waals surface area contributed by atoms with Crippen LogP contribution in [0.2, 0.25) is 5.02 Å². The van der Waals surface area contributed by atoms with Crippen molar-refractivity contribution in [1.82, 2.24) is 10.9 Å². The van der Waals surface area contributed by atoms with Crippen molar-refractivity contribution in [1.29, 1.82) is 0 Å². The van der Waals surface area contributed by atoms with E-state index in [-0.39, 0.29) is 16.8 Å². The zero-order valence-corrected chi connectivity index (χ0v) is 12.8. The van der Waals surface area contributed by atoms with E-state index in [2.05, 4.69) is 10.9 Å².